The predicted molar refractivity (Wildman–Crippen MR) is 97.2 cm³/mol. The van der Waals surface area contributed by atoms with E-state index in [0.717, 1.165) is 19.3 Å². The molecular weight excluding hydrogens is 310 g/mol. The molecule has 1 saturated carbocycles. The van der Waals surface area contributed by atoms with Gasteiger partial charge in [0.1, 0.15) is 11.5 Å². The van der Waals surface area contributed by atoms with Gasteiger partial charge in [0, 0.05) is 17.7 Å². The van der Waals surface area contributed by atoms with Crippen LogP contribution in [0.2, 0.25) is 0 Å². The van der Waals surface area contributed by atoms with Crippen molar-refractivity contribution in [1.29, 1.82) is 0 Å². The highest BCUT2D eigenvalue weighted by Crippen LogP contribution is 2.22. The fourth-order valence-corrected chi connectivity index (χ4v) is 2.79. The number of hydrogen-bond donors (Lipinski definition) is 3. The van der Waals surface area contributed by atoms with Crippen LogP contribution in [-0.2, 0) is 0 Å². The van der Waals surface area contributed by atoms with Gasteiger partial charge in [-0.1, -0.05) is 26.2 Å². The van der Waals surface area contributed by atoms with E-state index in [0.29, 0.717) is 29.1 Å². The van der Waals surface area contributed by atoms with E-state index >= 15 is 0 Å². The minimum absolute atomic E-state index is 0.135. The molecule has 0 aromatic heterocycles. The number of nitrogens with zero attached hydrogens (tertiary/aromatic N) is 1. The number of phenols is 1. The number of benzene rings is 1. The van der Waals surface area contributed by atoms with Crippen LogP contribution in [0.4, 0.5) is 0 Å². The molecule has 0 heterocycles. The first kappa shape index (κ1) is 17.5. The van der Waals surface area contributed by atoms with Gasteiger partial charge in [-0.2, -0.15) is 5.10 Å². The lowest BCUT2D eigenvalue weighted by molar-refractivity contribution is 0.315. The molecule has 2 rings (SSSR count). The van der Waals surface area contributed by atoms with Crippen molar-refractivity contribution in [3.05, 3.63) is 23.8 Å². The molecule has 5 nitrogen and oxygen atoms in total. The largest absolute Gasteiger partial charge is 0.507 e. The van der Waals surface area contributed by atoms with E-state index in [9.17, 15) is 5.11 Å². The zero-order valence-electron chi connectivity index (χ0n) is 13.5. The molecule has 1 fully saturated rings. The van der Waals surface area contributed by atoms with Gasteiger partial charge in [0.15, 0.2) is 5.11 Å². The predicted octanol–water partition coefficient (Wildman–Crippen LogP) is 3.31. The number of hydrogen-bond acceptors (Lipinski definition) is 4. The van der Waals surface area contributed by atoms with Crippen LogP contribution >= 0.6 is 12.2 Å². The number of hydrazone groups is 1. The zero-order valence-corrected chi connectivity index (χ0v) is 14.4. The van der Waals surface area contributed by atoms with Crippen LogP contribution in [0.3, 0.4) is 0 Å². The molecule has 0 radical (unpaired) electrons. The Morgan fingerprint density at radius 1 is 1.39 bits per heavy atom. The fraction of sp³-hybridized carbons (Fsp3) is 0.529. The fourth-order valence-electron chi connectivity index (χ4n) is 2.57. The Labute approximate surface area is 143 Å². The summed E-state index contributed by atoms with van der Waals surface area (Å²) in [5.74, 6) is 0.791. The van der Waals surface area contributed by atoms with Crippen molar-refractivity contribution >= 4 is 23.5 Å². The van der Waals surface area contributed by atoms with Gasteiger partial charge in [0.05, 0.1) is 12.8 Å². The summed E-state index contributed by atoms with van der Waals surface area (Å²) in [5.41, 5.74) is 3.41. The third-order valence-corrected chi connectivity index (χ3v) is 3.99. The van der Waals surface area contributed by atoms with Crippen molar-refractivity contribution in [3.8, 4) is 11.5 Å². The summed E-state index contributed by atoms with van der Waals surface area (Å²) < 4.78 is 5.47. The maximum Gasteiger partial charge on any atom is 0.187 e. The van der Waals surface area contributed by atoms with E-state index in [1.54, 1.807) is 18.3 Å². The molecule has 3 N–H and O–H groups in total. The third-order valence-electron chi connectivity index (χ3n) is 3.78. The van der Waals surface area contributed by atoms with Crippen molar-refractivity contribution in [2.45, 2.75) is 51.5 Å². The van der Waals surface area contributed by atoms with Gasteiger partial charge in [-0.25, -0.2) is 0 Å². The summed E-state index contributed by atoms with van der Waals surface area (Å²) in [4.78, 5) is 0. The lowest BCUT2D eigenvalue weighted by Crippen LogP contribution is -2.40. The molecule has 0 saturated heterocycles. The molecular formula is C17H25N3O2S. The third kappa shape index (κ3) is 6.06. The standard InChI is InChI=1S/C17H25N3O2S/c1-2-10-22-15-9-8-13(16(21)11-15)12-18-20-17(23)19-14-6-4-3-5-7-14/h8-9,11-12,14,21H,2-7,10H2,1H3,(H2,19,20,23)/b18-12+. The topological polar surface area (TPSA) is 65.9 Å². The van der Waals surface area contributed by atoms with E-state index in [1.165, 1.54) is 19.3 Å². The Hall–Kier alpha value is -1.82. The number of ether oxygens (including phenoxy) is 1. The Morgan fingerprint density at radius 3 is 2.87 bits per heavy atom. The normalized spacial score (nSPS) is 15.5. The molecule has 126 valence electrons. The maximum atomic E-state index is 9.97. The van der Waals surface area contributed by atoms with Crippen molar-refractivity contribution < 1.29 is 9.84 Å². The average molecular weight is 335 g/mol. The van der Waals surface area contributed by atoms with E-state index in [-0.39, 0.29) is 5.75 Å². The zero-order chi connectivity index (χ0) is 16.5. The number of thiocarbonyl (C=S) groups is 1. The molecule has 0 atom stereocenters. The molecule has 0 unspecified atom stereocenters. The van der Waals surface area contributed by atoms with Crippen LogP contribution in [0.1, 0.15) is 51.0 Å². The summed E-state index contributed by atoms with van der Waals surface area (Å²) in [7, 11) is 0. The van der Waals surface area contributed by atoms with Crippen LogP contribution < -0.4 is 15.5 Å². The van der Waals surface area contributed by atoms with E-state index in [2.05, 4.69) is 15.8 Å². The minimum Gasteiger partial charge on any atom is -0.507 e. The first-order valence-corrected chi connectivity index (χ1v) is 8.65. The first-order chi connectivity index (χ1) is 11.2. The molecule has 0 amide bonds. The number of rotatable bonds is 6. The number of nitrogens with one attached hydrogen (secondary N) is 2. The Morgan fingerprint density at radius 2 is 2.17 bits per heavy atom. The van der Waals surface area contributed by atoms with Gasteiger partial charge in [-0.05, 0) is 43.6 Å². The highest BCUT2D eigenvalue weighted by Gasteiger charge is 2.13. The molecule has 23 heavy (non-hydrogen) atoms. The molecule has 1 aliphatic rings. The van der Waals surface area contributed by atoms with Gasteiger partial charge in [-0.3, -0.25) is 5.43 Å². The van der Waals surface area contributed by atoms with E-state index in [4.69, 9.17) is 17.0 Å². The SMILES string of the molecule is CCCOc1ccc(/C=N/NC(=S)NC2CCCCC2)c(O)c1. The quantitative estimate of drug-likeness (QED) is 0.423. The van der Waals surface area contributed by atoms with Gasteiger partial charge in [0.2, 0.25) is 0 Å². The van der Waals surface area contributed by atoms with Gasteiger partial charge < -0.3 is 15.2 Å². The Kier molecular flexibility index (Phi) is 7.13. The second-order valence-corrected chi connectivity index (χ2v) is 6.16. The highest BCUT2D eigenvalue weighted by atomic mass is 32.1. The van der Waals surface area contributed by atoms with Gasteiger partial charge in [0.25, 0.3) is 0 Å². The second-order valence-electron chi connectivity index (χ2n) is 5.75. The van der Waals surface area contributed by atoms with Crippen molar-refractivity contribution in [3.63, 3.8) is 0 Å². The van der Waals surface area contributed by atoms with Gasteiger partial charge in [-0.15, -0.1) is 0 Å². The molecule has 0 spiro atoms. The van der Waals surface area contributed by atoms with E-state index < -0.39 is 0 Å². The number of phenolic OH excluding ortho intramolecular Hbond substituents is 1. The summed E-state index contributed by atoms with van der Waals surface area (Å²) in [6, 6.07) is 5.62. The smallest absolute Gasteiger partial charge is 0.187 e. The lowest BCUT2D eigenvalue weighted by Gasteiger charge is -2.23. The first-order valence-electron chi connectivity index (χ1n) is 8.24. The van der Waals surface area contributed by atoms with Crippen LogP contribution in [0, 0.1) is 0 Å². The minimum atomic E-state index is 0.135. The van der Waals surface area contributed by atoms with Crippen molar-refractivity contribution in [1.82, 2.24) is 10.7 Å². The summed E-state index contributed by atoms with van der Waals surface area (Å²) in [6.07, 6.45) is 8.62. The molecule has 1 aromatic rings. The van der Waals surface area contributed by atoms with Crippen LogP contribution in [0.5, 0.6) is 11.5 Å². The van der Waals surface area contributed by atoms with Crippen molar-refractivity contribution in [2.24, 2.45) is 5.10 Å². The molecule has 6 heteroatoms. The Balaban J connectivity index is 1.81. The molecule has 0 bridgehead atoms. The Bertz CT molecular complexity index is 543. The maximum absolute atomic E-state index is 9.97. The van der Waals surface area contributed by atoms with Crippen LogP contribution in [0.25, 0.3) is 0 Å². The summed E-state index contributed by atoms with van der Waals surface area (Å²) >= 11 is 5.23. The molecule has 1 aromatic carbocycles. The summed E-state index contributed by atoms with van der Waals surface area (Å²) in [5, 5.41) is 17.8. The summed E-state index contributed by atoms with van der Waals surface area (Å²) in [6.45, 7) is 2.67. The van der Waals surface area contributed by atoms with Crippen LogP contribution in [0.15, 0.2) is 23.3 Å². The average Bonchev–Trinajstić information content (AvgIpc) is 2.55. The van der Waals surface area contributed by atoms with Crippen molar-refractivity contribution in [2.75, 3.05) is 6.61 Å². The highest BCUT2D eigenvalue weighted by molar-refractivity contribution is 7.80. The monoisotopic (exact) mass is 335 g/mol. The lowest BCUT2D eigenvalue weighted by atomic mass is 9.96. The number of aromatic hydroxyl groups is 1. The second kappa shape index (κ2) is 9.35. The van der Waals surface area contributed by atoms with Crippen LogP contribution in [-0.4, -0.2) is 29.1 Å². The van der Waals surface area contributed by atoms with Gasteiger partial charge >= 0.3 is 0 Å². The van der Waals surface area contributed by atoms with E-state index in [1.807, 2.05) is 13.0 Å². The molecule has 1 aliphatic carbocycles. The molecule has 0 aliphatic heterocycles.